The number of hydrogen-bond donors (Lipinski definition) is 0. The van der Waals surface area contributed by atoms with Crippen LogP contribution in [0.1, 0.15) is 28.7 Å². The average molecular weight is 325 g/mol. The van der Waals surface area contributed by atoms with E-state index in [1.807, 2.05) is 0 Å². The number of carbonyl (C=O) groups is 1. The van der Waals surface area contributed by atoms with Gasteiger partial charge < -0.3 is 14.0 Å². The first-order valence-corrected chi connectivity index (χ1v) is 7.44. The minimum absolute atomic E-state index is 0.0630. The van der Waals surface area contributed by atoms with Gasteiger partial charge in [-0.25, -0.2) is 0 Å². The molecule has 1 aromatic heterocycles. The number of benzene rings is 1. The van der Waals surface area contributed by atoms with E-state index >= 15 is 0 Å². The third-order valence-electron chi connectivity index (χ3n) is 3.60. The predicted molar refractivity (Wildman–Crippen MR) is 91.6 cm³/mol. The van der Waals surface area contributed by atoms with Crippen LogP contribution in [0.15, 0.2) is 35.1 Å². The number of rotatable bonds is 5. The quantitative estimate of drug-likeness (QED) is 0.626. The lowest BCUT2D eigenvalue weighted by molar-refractivity contribution is 0.0970. The molecule has 0 amide bonds. The van der Waals surface area contributed by atoms with Crippen LogP contribution in [0.5, 0.6) is 11.5 Å². The molecule has 0 spiro atoms. The molecular weight excluding hydrogens is 306 g/mol. The minimum atomic E-state index is -0.0955. The van der Waals surface area contributed by atoms with Crippen LogP contribution in [-0.4, -0.2) is 17.5 Å². The molecule has 0 fully saturated rings. The van der Waals surface area contributed by atoms with Gasteiger partial charge in [0.15, 0.2) is 22.7 Å². The number of aromatic nitrogens is 1. The molecule has 0 bridgehead atoms. The average Bonchev–Trinajstić information content (AvgIpc) is 2.55. The fourth-order valence-corrected chi connectivity index (χ4v) is 2.41. The van der Waals surface area contributed by atoms with Crippen LogP contribution in [0.25, 0.3) is 0 Å². The van der Waals surface area contributed by atoms with E-state index in [1.165, 1.54) is 19.2 Å². The van der Waals surface area contributed by atoms with Crippen LogP contribution in [0.3, 0.4) is 0 Å². The molecule has 1 heterocycles. The van der Waals surface area contributed by atoms with Crippen molar-refractivity contribution in [2.24, 2.45) is 0 Å². The van der Waals surface area contributed by atoms with E-state index in [0.717, 1.165) is 11.4 Å². The number of carbonyl (C=O) groups excluding carboxylic acids is 1. The summed E-state index contributed by atoms with van der Waals surface area (Å²) in [5, 5.41) is 0. The summed E-state index contributed by atoms with van der Waals surface area (Å²) in [6.07, 6.45) is 2.50. The Balaban J connectivity index is 2.33. The molecule has 0 saturated carbocycles. The summed E-state index contributed by atoms with van der Waals surface area (Å²) in [7, 11) is 1.52. The number of aryl methyl sites for hydroxylation is 2. The van der Waals surface area contributed by atoms with Crippen LogP contribution in [0, 0.1) is 25.9 Å². The molecule has 24 heavy (non-hydrogen) atoms. The molecule has 5 nitrogen and oxygen atoms in total. The van der Waals surface area contributed by atoms with Gasteiger partial charge in [0.05, 0.1) is 13.7 Å². The van der Waals surface area contributed by atoms with E-state index in [0.29, 0.717) is 17.1 Å². The number of Topliss-reactive ketones (excluding diaryl/α,β-unsaturated/α-hetero) is 1. The molecule has 0 aliphatic carbocycles. The van der Waals surface area contributed by atoms with E-state index in [1.54, 1.807) is 43.5 Å². The van der Waals surface area contributed by atoms with Crippen molar-refractivity contribution < 1.29 is 14.3 Å². The van der Waals surface area contributed by atoms with Crippen molar-refractivity contribution in [2.45, 2.75) is 27.3 Å². The molecule has 124 valence electrons. The van der Waals surface area contributed by atoms with Gasteiger partial charge in [-0.1, -0.05) is 5.92 Å². The molecule has 2 rings (SSSR count). The summed E-state index contributed by atoms with van der Waals surface area (Å²) >= 11 is 0. The summed E-state index contributed by atoms with van der Waals surface area (Å²) in [6, 6.07) is 7.99. The Hall–Kier alpha value is -3.00. The van der Waals surface area contributed by atoms with Crippen LogP contribution < -0.4 is 14.9 Å². The van der Waals surface area contributed by atoms with E-state index in [-0.39, 0.29) is 17.8 Å². The zero-order chi connectivity index (χ0) is 17.7. The maximum absolute atomic E-state index is 12.6. The molecule has 0 saturated heterocycles. The molecule has 0 N–H and O–H groups in total. The number of methoxy groups -OCH3 is 1. The topological polar surface area (TPSA) is 57.5 Å². The second-order valence-electron chi connectivity index (χ2n) is 5.30. The first kappa shape index (κ1) is 17.4. The number of ether oxygens (including phenoxy) is 2. The SMILES string of the molecule is CC#COc1cc(C(=O)Cn2c(C)cc(=O)cc2C)ccc1OC. The Labute approximate surface area is 140 Å². The highest BCUT2D eigenvalue weighted by Gasteiger charge is 2.13. The van der Waals surface area contributed by atoms with Crippen molar-refractivity contribution in [3.63, 3.8) is 0 Å². The van der Waals surface area contributed by atoms with E-state index < -0.39 is 0 Å². The summed E-state index contributed by atoms with van der Waals surface area (Å²) in [6.45, 7) is 5.41. The van der Waals surface area contributed by atoms with Crippen molar-refractivity contribution in [1.82, 2.24) is 4.57 Å². The van der Waals surface area contributed by atoms with Crippen molar-refractivity contribution in [2.75, 3.05) is 7.11 Å². The zero-order valence-corrected chi connectivity index (χ0v) is 14.2. The highest BCUT2D eigenvalue weighted by atomic mass is 16.5. The maximum atomic E-state index is 12.6. The smallest absolute Gasteiger partial charge is 0.182 e. The van der Waals surface area contributed by atoms with Crippen molar-refractivity contribution >= 4 is 5.78 Å². The Morgan fingerprint density at radius 1 is 1.12 bits per heavy atom. The van der Waals surface area contributed by atoms with E-state index in [2.05, 4.69) is 12.0 Å². The Kier molecular flexibility index (Phi) is 5.43. The first-order chi connectivity index (χ1) is 11.5. The summed E-state index contributed by atoms with van der Waals surface area (Å²) < 4.78 is 12.3. The van der Waals surface area contributed by atoms with Crippen molar-refractivity contribution in [3.05, 3.63) is 57.5 Å². The molecule has 0 radical (unpaired) electrons. The van der Waals surface area contributed by atoms with Gasteiger partial charge in [-0.05, 0) is 32.0 Å². The van der Waals surface area contributed by atoms with E-state index in [4.69, 9.17) is 9.47 Å². The summed E-state index contributed by atoms with van der Waals surface area (Å²) in [5.41, 5.74) is 1.92. The second kappa shape index (κ2) is 7.51. The molecule has 0 aliphatic rings. The molecule has 0 unspecified atom stereocenters. The highest BCUT2D eigenvalue weighted by molar-refractivity contribution is 5.96. The minimum Gasteiger partial charge on any atom is -0.493 e. The van der Waals surface area contributed by atoms with Gasteiger partial charge in [-0.3, -0.25) is 9.59 Å². The number of hydrogen-bond acceptors (Lipinski definition) is 4. The Bertz CT molecular complexity index is 858. The van der Waals surface area contributed by atoms with Crippen LogP contribution in [0.4, 0.5) is 0 Å². The van der Waals surface area contributed by atoms with Crippen molar-refractivity contribution in [3.8, 4) is 23.5 Å². The largest absolute Gasteiger partial charge is 0.493 e. The maximum Gasteiger partial charge on any atom is 0.182 e. The zero-order valence-electron chi connectivity index (χ0n) is 14.2. The van der Waals surface area contributed by atoms with Gasteiger partial charge in [0.25, 0.3) is 0 Å². The molecule has 2 aromatic rings. The van der Waals surface area contributed by atoms with Gasteiger partial charge in [0.2, 0.25) is 0 Å². The molecular formula is C19H19NO4. The van der Waals surface area contributed by atoms with Gasteiger partial charge in [-0.2, -0.15) is 0 Å². The monoisotopic (exact) mass is 325 g/mol. The second-order valence-corrected chi connectivity index (χ2v) is 5.30. The third kappa shape index (κ3) is 3.85. The molecule has 0 atom stereocenters. The van der Waals surface area contributed by atoms with Crippen LogP contribution in [-0.2, 0) is 6.54 Å². The predicted octanol–water partition coefficient (Wildman–Crippen LogP) is 2.72. The van der Waals surface area contributed by atoms with Crippen LogP contribution in [0.2, 0.25) is 0 Å². The van der Waals surface area contributed by atoms with Gasteiger partial charge in [-0.15, -0.1) is 0 Å². The van der Waals surface area contributed by atoms with Gasteiger partial charge >= 0.3 is 0 Å². The standard InChI is InChI=1S/C19H19NO4/c1-5-8-24-19-11-15(6-7-18(19)23-4)17(22)12-20-13(2)9-16(21)10-14(20)3/h6-7,9-11H,12H2,1-4H3. The molecule has 1 aromatic carbocycles. The third-order valence-corrected chi connectivity index (χ3v) is 3.60. The first-order valence-electron chi connectivity index (χ1n) is 7.44. The Morgan fingerprint density at radius 3 is 2.38 bits per heavy atom. The fraction of sp³-hybridized carbons (Fsp3) is 0.263. The molecule has 5 heteroatoms. The van der Waals surface area contributed by atoms with Crippen LogP contribution >= 0.6 is 0 Å². The van der Waals surface area contributed by atoms with Gasteiger partial charge in [0.1, 0.15) is 6.11 Å². The summed E-state index contributed by atoms with van der Waals surface area (Å²) in [4.78, 5) is 24.1. The lowest BCUT2D eigenvalue weighted by atomic mass is 10.1. The normalized spacial score (nSPS) is 9.83. The number of ketones is 1. The lowest BCUT2D eigenvalue weighted by Gasteiger charge is -2.14. The number of pyridine rings is 1. The number of nitrogens with zero attached hydrogens (tertiary/aromatic N) is 1. The van der Waals surface area contributed by atoms with Gasteiger partial charge in [0, 0.05) is 36.0 Å². The highest BCUT2D eigenvalue weighted by Crippen LogP contribution is 2.28. The summed E-state index contributed by atoms with van der Waals surface area (Å²) in [5.74, 6) is 3.43. The van der Waals surface area contributed by atoms with E-state index in [9.17, 15) is 9.59 Å². The van der Waals surface area contributed by atoms with Crippen molar-refractivity contribution in [1.29, 1.82) is 0 Å². The lowest BCUT2D eigenvalue weighted by Crippen LogP contribution is -2.18. The fourth-order valence-electron chi connectivity index (χ4n) is 2.41. The Morgan fingerprint density at radius 2 is 1.79 bits per heavy atom. The molecule has 0 aliphatic heterocycles.